The van der Waals surface area contributed by atoms with E-state index in [2.05, 4.69) is 13.3 Å². The predicted molar refractivity (Wildman–Crippen MR) is 42.4 cm³/mol. The van der Waals surface area contributed by atoms with E-state index >= 15 is 0 Å². The number of alkyl halides is 5. The topological polar surface area (TPSA) is 27.7 Å². The monoisotopic (exact) mass is 254 g/mol. The van der Waals surface area contributed by atoms with Crippen molar-refractivity contribution in [1.29, 1.82) is 0 Å². The third kappa shape index (κ3) is 3.36. The van der Waals surface area contributed by atoms with E-state index in [9.17, 15) is 22.0 Å². The molecule has 0 aromatic rings. The lowest BCUT2D eigenvalue weighted by Crippen LogP contribution is -2.60. The fourth-order valence-corrected chi connectivity index (χ4v) is 2.87. The Morgan fingerprint density at radius 1 is 0.867 bits per heavy atom. The summed E-state index contributed by atoms with van der Waals surface area (Å²) in [7, 11) is -2.14. The highest BCUT2D eigenvalue weighted by Gasteiger charge is 2.66. The molecule has 0 aliphatic rings. The molecule has 15 heavy (non-hydrogen) atoms. The Labute approximate surface area is 84.5 Å². The van der Waals surface area contributed by atoms with Crippen molar-refractivity contribution in [2.75, 3.05) is 21.3 Å². The lowest BCUT2D eigenvalue weighted by Gasteiger charge is -2.32. The standard InChI is InChI=1S/C6H11F5O3Si/c1-12-15(13-2,14-3)6(10,11)4-5(7,8)9/h4H2,1-3H3. The van der Waals surface area contributed by atoms with Crippen LogP contribution < -0.4 is 0 Å². The molecule has 0 aromatic carbocycles. The number of hydrogen-bond donors (Lipinski definition) is 0. The Kier molecular flexibility index (Phi) is 4.64. The van der Waals surface area contributed by atoms with Gasteiger partial charge in [0.05, 0.1) is 0 Å². The van der Waals surface area contributed by atoms with Crippen molar-refractivity contribution in [2.24, 2.45) is 0 Å². The summed E-state index contributed by atoms with van der Waals surface area (Å²) in [6.07, 6.45) is -7.35. The fourth-order valence-electron chi connectivity index (χ4n) is 1.06. The van der Waals surface area contributed by atoms with E-state index in [1.807, 2.05) is 0 Å². The summed E-state index contributed by atoms with van der Waals surface area (Å²) < 4.78 is 74.9. The lowest BCUT2D eigenvalue weighted by atomic mass is 10.4. The summed E-state index contributed by atoms with van der Waals surface area (Å²) in [5.41, 5.74) is -4.20. The average molecular weight is 254 g/mol. The highest BCUT2D eigenvalue weighted by molar-refractivity contribution is 6.63. The van der Waals surface area contributed by atoms with Gasteiger partial charge in [-0.25, -0.2) is 8.78 Å². The first kappa shape index (κ1) is 14.7. The molecule has 0 aliphatic carbocycles. The summed E-state index contributed by atoms with van der Waals surface area (Å²) >= 11 is 0. The molecule has 0 heterocycles. The SMILES string of the molecule is CO[Si](OC)(OC)C(F)(F)CC(F)(F)F. The highest BCUT2D eigenvalue weighted by Crippen LogP contribution is 2.38. The van der Waals surface area contributed by atoms with Crippen LogP contribution in [0.4, 0.5) is 22.0 Å². The Hall–Kier alpha value is -0.253. The first-order valence-corrected chi connectivity index (χ1v) is 5.46. The van der Waals surface area contributed by atoms with Gasteiger partial charge in [-0.3, -0.25) is 0 Å². The van der Waals surface area contributed by atoms with Gasteiger partial charge in [-0.1, -0.05) is 0 Å². The third-order valence-electron chi connectivity index (χ3n) is 1.68. The van der Waals surface area contributed by atoms with Gasteiger partial charge in [0.1, 0.15) is 6.42 Å². The Morgan fingerprint density at radius 3 is 1.40 bits per heavy atom. The minimum Gasteiger partial charge on any atom is -0.373 e. The predicted octanol–water partition coefficient (Wildman–Crippen LogP) is 1.99. The Bertz CT molecular complexity index is 195. The van der Waals surface area contributed by atoms with Crippen LogP contribution in [0.3, 0.4) is 0 Å². The normalized spacial score (nSPS) is 14.4. The van der Waals surface area contributed by atoms with E-state index in [1.165, 1.54) is 0 Å². The first-order chi connectivity index (χ1) is 6.64. The maximum Gasteiger partial charge on any atom is 0.574 e. The largest absolute Gasteiger partial charge is 0.574 e. The summed E-state index contributed by atoms with van der Waals surface area (Å²) in [6, 6.07) is 0. The van der Waals surface area contributed by atoms with E-state index in [0.717, 1.165) is 21.3 Å². The number of rotatable bonds is 5. The van der Waals surface area contributed by atoms with Crippen LogP contribution in [0, 0.1) is 0 Å². The molecule has 0 amide bonds. The van der Waals surface area contributed by atoms with Gasteiger partial charge in [-0.15, -0.1) is 0 Å². The third-order valence-corrected chi connectivity index (χ3v) is 4.36. The van der Waals surface area contributed by atoms with Gasteiger partial charge in [-0.2, -0.15) is 13.2 Å². The molecule has 9 heteroatoms. The fraction of sp³-hybridized carbons (Fsp3) is 1.00. The molecule has 0 saturated heterocycles. The van der Waals surface area contributed by atoms with Crippen LogP contribution >= 0.6 is 0 Å². The maximum atomic E-state index is 13.2. The van der Waals surface area contributed by atoms with Gasteiger partial charge in [-0.05, 0) is 0 Å². The van der Waals surface area contributed by atoms with Crippen molar-refractivity contribution in [3.05, 3.63) is 0 Å². The lowest BCUT2D eigenvalue weighted by molar-refractivity contribution is -0.182. The first-order valence-electron chi connectivity index (χ1n) is 3.74. The molecule has 0 bridgehead atoms. The number of hydrogen-bond acceptors (Lipinski definition) is 3. The van der Waals surface area contributed by atoms with Crippen molar-refractivity contribution in [2.45, 2.75) is 18.1 Å². The summed E-state index contributed by atoms with van der Waals surface area (Å²) in [6.45, 7) is 0. The van der Waals surface area contributed by atoms with E-state index in [-0.39, 0.29) is 0 Å². The molecule has 0 fully saturated rings. The molecule has 0 unspecified atom stereocenters. The zero-order valence-corrected chi connectivity index (χ0v) is 9.32. The molecule has 92 valence electrons. The van der Waals surface area contributed by atoms with Gasteiger partial charge in [0, 0.05) is 21.3 Å². The van der Waals surface area contributed by atoms with Crippen LogP contribution in [-0.2, 0) is 13.3 Å². The molecular weight excluding hydrogens is 243 g/mol. The molecule has 0 atom stereocenters. The van der Waals surface area contributed by atoms with Crippen LogP contribution in [0.2, 0.25) is 0 Å². The zero-order valence-electron chi connectivity index (χ0n) is 8.32. The van der Waals surface area contributed by atoms with Crippen LogP contribution in [0.15, 0.2) is 0 Å². The van der Waals surface area contributed by atoms with Crippen molar-refractivity contribution >= 4 is 8.80 Å². The summed E-state index contributed by atoms with van der Waals surface area (Å²) in [4.78, 5) is 0. The maximum absolute atomic E-state index is 13.2. The second-order valence-corrected chi connectivity index (χ2v) is 5.73. The molecule has 0 aliphatic heterocycles. The van der Waals surface area contributed by atoms with Crippen LogP contribution in [0.1, 0.15) is 6.42 Å². The van der Waals surface area contributed by atoms with Crippen LogP contribution in [0.25, 0.3) is 0 Å². The van der Waals surface area contributed by atoms with Crippen LogP contribution in [0.5, 0.6) is 0 Å². The van der Waals surface area contributed by atoms with E-state index in [0.29, 0.717) is 0 Å². The van der Waals surface area contributed by atoms with Crippen molar-refractivity contribution < 1.29 is 35.2 Å². The second-order valence-electron chi connectivity index (χ2n) is 2.66. The highest BCUT2D eigenvalue weighted by atomic mass is 28.4. The van der Waals surface area contributed by atoms with Gasteiger partial charge < -0.3 is 13.3 Å². The van der Waals surface area contributed by atoms with Crippen molar-refractivity contribution in [1.82, 2.24) is 0 Å². The van der Waals surface area contributed by atoms with Gasteiger partial charge in [0.2, 0.25) is 0 Å². The van der Waals surface area contributed by atoms with Crippen molar-refractivity contribution in [3.63, 3.8) is 0 Å². The average Bonchev–Trinajstić information content (AvgIpc) is 2.03. The quantitative estimate of drug-likeness (QED) is 0.554. The van der Waals surface area contributed by atoms with Gasteiger partial charge in [0.25, 0.3) is 0 Å². The molecule has 0 rings (SSSR count). The summed E-state index contributed by atoms with van der Waals surface area (Å²) in [5, 5.41) is 0. The molecule has 0 saturated carbocycles. The van der Waals surface area contributed by atoms with E-state index in [1.54, 1.807) is 0 Å². The second kappa shape index (κ2) is 4.72. The molecule has 0 spiro atoms. The Balaban J connectivity index is 4.95. The molecular formula is C6H11F5O3Si. The summed E-state index contributed by atoms with van der Waals surface area (Å²) in [5.74, 6) is 0. The molecule has 0 N–H and O–H groups in total. The van der Waals surface area contributed by atoms with Crippen molar-refractivity contribution in [3.8, 4) is 0 Å². The molecule has 0 radical (unpaired) electrons. The van der Waals surface area contributed by atoms with Crippen LogP contribution in [-0.4, -0.2) is 41.9 Å². The molecule has 0 aromatic heterocycles. The minimum absolute atomic E-state index is 0.823. The number of halogens is 5. The van der Waals surface area contributed by atoms with E-state index in [4.69, 9.17) is 0 Å². The van der Waals surface area contributed by atoms with Gasteiger partial charge in [0.15, 0.2) is 0 Å². The van der Waals surface area contributed by atoms with E-state index < -0.39 is 26.9 Å². The molecule has 3 nitrogen and oxygen atoms in total. The Morgan fingerprint density at radius 2 is 1.20 bits per heavy atom. The minimum atomic E-state index is -5.02. The zero-order chi connectivity index (χ0) is 12.3. The van der Waals surface area contributed by atoms with Gasteiger partial charge >= 0.3 is 20.5 Å². The smallest absolute Gasteiger partial charge is 0.373 e.